The second-order valence-corrected chi connectivity index (χ2v) is 5.17. The van der Waals surface area contributed by atoms with Gasteiger partial charge in [-0.25, -0.2) is 0 Å². The molecule has 16 heavy (non-hydrogen) atoms. The second-order valence-electron chi connectivity index (χ2n) is 5.17. The Morgan fingerprint density at radius 2 is 2.06 bits per heavy atom. The first kappa shape index (κ1) is 13.2. The molecule has 1 aliphatic rings. The molecule has 0 fully saturated rings. The first-order chi connectivity index (χ1) is 7.47. The van der Waals surface area contributed by atoms with Crippen LogP contribution in [0.15, 0.2) is 23.3 Å². The molecule has 0 aromatic heterocycles. The minimum atomic E-state index is 0.270. The molecule has 0 saturated heterocycles. The van der Waals surface area contributed by atoms with E-state index in [-0.39, 0.29) is 5.78 Å². The minimum absolute atomic E-state index is 0.270. The van der Waals surface area contributed by atoms with E-state index in [0.717, 1.165) is 31.3 Å². The third-order valence-electron chi connectivity index (χ3n) is 3.87. The van der Waals surface area contributed by atoms with Crippen molar-refractivity contribution in [1.82, 2.24) is 0 Å². The van der Waals surface area contributed by atoms with E-state index in [4.69, 9.17) is 0 Å². The first-order valence-corrected chi connectivity index (χ1v) is 6.33. The van der Waals surface area contributed by atoms with Gasteiger partial charge in [-0.3, -0.25) is 4.79 Å². The number of rotatable bonds is 3. The monoisotopic (exact) mass is 220 g/mol. The number of ketones is 1. The van der Waals surface area contributed by atoms with Gasteiger partial charge in [-0.05, 0) is 63.9 Å². The van der Waals surface area contributed by atoms with E-state index in [1.54, 1.807) is 6.92 Å². The summed E-state index contributed by atoms with van der Waals surface area (Å²) in [5.74, 6) is 1.31. The predicted octanol–water partition coefficient (Wildman–Crippen LogP) is 4.29. The molecule has 1 aliphatic carbocycles. The van der Waals surface area contributed by atoms with Gasteiger partial charge in [0.25, 0.3) is 0 Å². The van der Waals surface area contributed by atoms with Gasteiger partial charge >= 0.3 is 0 Å². The van der Waals surface area contributed by atoms with Gasteiger partial charge in [0.15, 0.2) is 5.78 Å². The van der Waals surface area contributed by atoms with Crippen molar-refractivity contribution in [1.29, 1.82) is 0 Å². The fourth-order valence-electron chi connectivity index (χ4n) is 2.86. The molecule has 0 aromatic rings. The van der Waals surface area contributed by atoms with Crippen LogP contribution in [-0.4, -0.2) is 5.78 Å². The molecular weight excluding hydrogens is 196 g/mol. The maximum absolute atomic E-state index is 11.7. The van der Waals surface area contributed by atoms with E-state index in [2.05, 4.69) is 27.4 Å². The minimum Gasteiger partial charge on any atom is -0.295 e. The summed E-state index contributed by atoms with van der Waals surface area (Å²) < 4.78 is 0. The maximum atomic E-state index is 11.7. The number of hydrogen-bond donors (Lipinski definition) is 0. The summed E-state index contributed by atoms with van der Waals surface area (Å²) in [6.07, 6.45) is 4.39. The predicted molar refractivity (Wildman–Crippen MR) is 69.3 cm³/mol. The fraction of sp³-hybridized carbons (Fsp3) is 0.667. The van der Waals surface area contributed by atoms with Crippen molar-refractivity contribution in [2.45, 2.75) is 53.4 Å². The highest BCUT2D eigenvalue weighted by Crippen LogP contribution is 2.36. The van der Waals surface area contributed by atoms with Crippen molar-refractivity contribution < 1.29 is 4.79 Å². The quantitative estimate of drug-likeness (QED) is 0.648. The van der Waals surface area contributed by atoms with E-state index in [1.807, 2.05) is 0 Å². The van der Waals surface area contributed by atoms with Crippen molar-refractivity contribution in [3.05, 3.63) is 23.3 Å². The Hall–Kier alpha value is -0.850. The van der Waals surface area contributed by atoms with Gasteiger partial charge < -0.3 is 0 Å². The first-order valence-electron chi connectivity index (χ1n) is 6.33. The van der Waals surface area contributed by atoms with E-state index in [0.29, 0.717) is 11.8 Å². The lowest BCUT2D eigenvalue weighted by Gasteiger charge is -2.21. The highest BCUT2D eigenvalue weighted by molar-refractivity contribution is 5.94. The van der Waals surface area contributed by atoms with Crippen molar-refractivity contribution in [3.63, 3.8) is 0 Å². The molecule has 0 N–H and O–H groups in total. The summed E-state index contributed by atoms with van der Waals surface area (Å²) in [7, 11) is 0. The van der Waals surface area contributed by atoms with E-state index in [1.165, 1.54) is 11.1 Å². The molecule has 0 radical (unpaired) electrons. The van der Waals surface area contributed by atoms with Crippen LogP contribution < -0.4 is 0 Å². The Bertz CT molecular complexity index is 322. The number of hydrogen-bond acceptors (Lipinski definition) is 1. The van der Waals surface area contributed by atoms with Crippen LogP contribution in [0, 0.1) is 11.8 Å². The Labute approximate surface area is 99.6 Å². The Balaban J connectivity index is 2.98. The Kier molecular flexibility index (Phi) is 4.52. The van der Waals surface area contributed by atoms with Gasteiger partial charge in [-0.1, -0.05) is 24.6 Å². The molecular formula is C15H24O. The van der Waals surface area contributed by atoms with Crippen LogP contribution in [0.1, 0.15) is 53.4 Å². The van der Waals surface area contributed by atoms with Crippen LogP contribution in [0.25, 0.3) is 0 Å². The lowest BCUT2D eigenvalue weighted by atomic mass is 9.83. The molecule has 0 spiro atoms. The normalized spacial score (nSPS) is 26.5. The summed E-state index contributed by atoms with van der Waals surface area (Å²) in [5, 5.41) is 0. The summed E-state index contributed by atoms with van der Waals surface area (Å²) in [4.78, 5) is 11.7. The number of Topliss-reactive ketones (excluding diaryl/α,β-unsaturated/α-hetero) is 1. The summed E-state index contributed by atoms with van der Waals surface area (Å²) >= 11 is 0. The van der Waals surface area contributed by atoms with Crippen LogP contribution in [0.4, 0.5) is 0 Å². The highest BCUT2D eigenvalue weighted by Gasteiger charge is 2.26. The number of carbonyl (C=O) groups is 1. The molecule has 0 unspecified atom stereocenters. The molecule has 0 heterocycles. The summed E-state index contributed by atoms with van der Waals surface area (Å²) in [5.41, 5.74) is 3.69. The van der Waals surface area contributed by atoms with E-state index in [9.17, 15) is 4.79 Å². The SMILES string of the molecule is C=C(C)[C@@H]1CCC(C)=C(C(C)=O)[C@H](CC)C1. The molecule has 0 saturated carbocycles. The van der Waals surface area contributed by atoms with Gasteiger partial charge in [-0.2, -0.15) is 0 Å². The Morgan fingerprint density at radius 1 is 1.44 bits per heavy atom. The average molecular weight is 220 g/mol. The molecule has 0 amide bonds. The molecule has 0 bridgehead atoms. The zero-order valence-electron chi connectivity index (χ0n) is 11.1. The fourth-order valence-corrected chi connectivity index (χ4v) is 2.86. The lowest BCUT2D eigenvalue weighted by molar-refractivity contribution is -0.114. The van der Waals surface area contributed by atoms with Gasteiger partial charge in [0.05, 0.1) is 0 Å². The highest BCUT2D eigenvalue weighted by atomic mass is 16.1. The smallest absolute Gasteiger partial charge is 0.156 e. The Morgan fingerprint density at radius 3 is 2.50 bits per heavy atom. The zero-order chi connectivity index (χ0) is 12.3. The van der Waals surface area contributed by atoms with Crippen molar-refractivity contribution >= 4 is 5.78 Å². The average Bonchev–Trinajstić information content (AvgIpc) is 2.36. The molecule has 90 valence electrons. The van der Waals surface area contributed by atoms with Crippen molar-refractivity contribution in [2.75, 3.05) is 0 Å². The zero-order valence-corrected chi connectivity index (χ0v) is 11.1. The van der Waals surface area contributed by atoms with Gasteiger partial charge in [0.2, 0.25) is 0 Å². The van der Waals surface area contributed by atoms with Crippen molar-refractivity contribution in [3.8, 4) is 0 Å². The molecule has 2 atom stereocenters. The third kappa shape index (κ3) is 2.84. The molecule has 0 aliphatic heterocycles. The van der Waals surface area contributed by atoms with Crippen LogP contribution in [0.3, 0.4) is 0 Å². The second kappa shape index (κ2) is 5.47. The van der Waals surface area contributed by atoms with Gasteiger partial charge in [0, 0.05) is 0 Å². The number of allylic oxidation sites excluding steroid dienone is 3. The molecule has 1 nitrogen and oxygen atoms in total. The third-order valence-corrected chi connectivity index (χ3v) is 3.87. The lowest BCUT2D eigenvalue weighted by Crippen LogP contribution is -2.14. The van der Waals surface area contributed by atoms with Gasteiger partial charge in [0.1, 0.15) is 0 Å². The van der Waals surface area contributed by atoms with Crippen LogP contribution in [-0.2, 0) is 4.79 Å². The molecule has 0 aromatic carbocycles. The van der Waals surface area contributed by atoms with Gasteiger partial charge in [-0.15, -0.1) is 0 Å². The van der Waals surface area contributed by atoms with E-state index >= 15 is 0 Å². The van der Waals surface area contributed by atoms with E-state index < -0.39 is 0 Å². The topological polar surface area (TPSA) is 17.1 Å². The summed E-state index contributed by atoms with van der Waals surface area (Å²) in [6.45, 7) is 12.2. The maximum Gasteiger partial charge on any atom is 0.156 e. The largest absolute Gasteiger partial charge is 0.295 e. The van der Waals surface area contributed by atoms with Crippen LogP contribution in [0.5, 0.6) is 0 Å². The van der Waals surface area contributed by atoms with Crippen LogP contribution >= 0.6 is 0 Å². The molecule has 1 heteroatoms. The standard InChI is InChI=1S/C15H24O/c1-6-13-9-14(10(2)3)8-7-11(4)15(13)12(5)16/h13-14H,2,6-9H2,1,3-5H3/t13-,14-/m1/s1. The molecule has 1 rings (SSSR count). The van der Waals surface area contributed by atoms with Crippen molar-refractivity contribution in [2.24, 2.45) is 11.8 Å². The summed E-state index contributed by atoms with van der Waals surface area (Å²) in [6, 6.07) is 0. The van der Waals surface area contributed by atoms with Crippen LogP contribution in [0.2, 0.25) is 0 Å². The number of carbonyl (C=O) groups excluding carboxylic acids is 1.